The van der Waals surface area contributed by atoms with Gasteiger partial charge in [0.1, 0.15) is 5.82 Å². The molecule has 4 rings (SSSR count). The fraction of sp³-hybridized carbons (Fsp3) is 0.364. The number of rotatable bonds is 6. The maximum absolute atomic E-state index is 12.9. The van der Waals surface area contributed by atoms with Crippen molar-refractivity contribution in [2.45, 2.75) is 25.2 Å². The van der Waals surface area contributed by atoms with Crippen LogP contribution in [0.25, 0.3) is 10.2 Å². The van der Waals surface area contributed by atoms with Gasteiger partial charge in [-0.05, 0) is 55.6 Å². The number of para-hydroxylation sites is 1. The van der Waals surface area contributed by atoms with E-state index < -0.39 is 0 Å². The summed E-state index contributed by atoms with van der Waals surface area (Å²) in [5.41, 5.74) is 2.09. The SMILES string of the molecule is O=C(CN1CCC[C@H](c2nc3ccccc3s2)C1)NCCc1ccc(F)cc1. The van der Waals surface area contributed by atoms with Crippen molar-refractivity contribution >= 4 is 27.5 Å². The number of hydrogen-bond donors (Lipinski definition) is 1. The van der Waals surface area contributed by atoms with Crippen molar-refractivity contribution in [1.29, 1.82) is 0 Å². The molecule has 1 fully saturated rings. The molecule has 1 atom stereocenters. The van der Waals surface area contributed by atoms with Gasteiger partial charge in [-0.15, -0.1) is 11.3 Å². The highest BCUT2D eigenvalue weighted by molar-refractivity contribution is 7.18. The lowest BCUT2D eigenvalue weighted by Crippen LogP contribution is -2.42. The number of halogens is 1. The highest BCUT2D eigenvalue weighted by atomic mass is 32.1. The molecule has 1 amide bonds. The molecule has 2 aromatic carbocycles. The first kappa shape index (κ1) is 19.0. The zero-order chi connectivity index (χ0) is 19.3. The fourth-order valence-electron chi connectivity index (χ4n) is 3.72. The summed E-state index contributed by atoms with van der Waals surface area (Å²) in [6.07, 6.45) is 2.92. The molecular formula is C22H24FN3OS. The Kier molecular flexibility index (Phi) is 5.98. The number of amides is 1. The number of carbonyl (C=O) groups excluding carboxylic acids is 1. The van der Waals surface area contributed by atoms with Crippen LogP contribution >= 0.6 is 11.3 Å². The molecule has 1 N–H and O–H groups in total. The van der Waals surface area contributed by atoms with Crippen molar-refractivity contribution in [1.82, 2.24) is 15.2 Å². The van der Waals surface area contributed by atoms with Crippen LogP contribution in [0.2, 0.25) is 0 Å². The number of aromatic nitrogens is 1. The zero-order valence-electron chi connectivity index (χ0n) is 15.7. The fourth-order valence-corrected chi connectivity index (χ4v) is 4.81. The van der Waals surface area contributed by atoms with Gasteiger partial charge in [0, 0.05) is 19.0 Å². The third-order valence-corrected chi connectivity index (χ3v) is 6.38. The molecular weight excluding hydrogens is 373 g/mol. The van der Waals surface area contributed by atoms with E-state index in [1.54, 1.807) is 23.5 Å². The summed E-state index contributed by atoms with van der Waals surface area (Å²) in [6, 6.07) is 14.7. The molecule has 0 aliphatic carbocycles. The molecule has 6 heteroatoms. The van der Waals surface area contributed by atoms with Crippen LogP contribution in [-0.4, -0.2) is 42.0 Å². The number of nitrogens with zero attached hydrogens (tertiary/aromatic N) is 2. The molecule has 0 saturated carbocycles. The molecule has 0 bridgehead atoms. The van der Waals surface area contributed by atoms with Crippen LogP contribution in [-0.2, 0) is 11.2 Å². The lowest BCUT2D eigenvalue weighted by molar-refractivity contribution is -0.122. The average Bonchev–Trinajstić information content (AvgIpc) is 3.14. The first-order valence-corrected chi connectivity index (χ1v) is 10.6. The van der Waals surface area contributed by atoms with Crippen molar-refractivity contribution in [3.63, 3.8) is 0 Å². The highest BCUT2D eigenvalue weighted by Crippen LogP contribution is 2.32. The van der Waals surface area contributed by atoms with Crippen LogP contribution in [0.5, 0.6) is 0 Å². The molecule has 0 spiro atoms. The molecule has 1 aromatic heterocycles. The lowest BCUT2D eigenvalue weighted by Gasteiger charge is -2.31. The van der Waals surface area contributed by atoms with Crippen molar-refractivity contribution in [3.8, 4) is 0 Å². The molecule has 146 valence electrons. The number of thiazole rings is 1. The summed E-state index contributed by atoms with van der Waals surface area (Å²) in [6.45, 7) is 2.82. The number of piperidine rings is 1. The van der Waals surface area contributed by atoms with Crippen LogP contribution in [0.1, 0.15) is 29.3 Å². The van der Waals surface area contributed by atoms with Gasteiger partial charge in [0.25, 0.3) is 0 Å². The Balaban J connectivity index is 1.27. The van der Waals surface area contributed by atoms with E-state index in [0.717, 1.165) is 37.0 Å². The molecule has 1 aliphatic heterocycles. The second-order valence-electron chi connectivity index (χ2n) is 7.32. The second-order valence-corrected chi connectivity index (χ2v) is 8.38. The van der Waals surface area contributed by atoms with Crippen LogP contribution in [0, 0.1) is 5.82 Å². The quantitative estimate of drug-likeness (QED) is 0.684. The van der Waals surface area contributed by atoms with Crippen molar-refractivity contribution in [2.75, 3.05) is 26.2 Å². The van der Waals surface area contributed by atoms with Gasteiger partial charge < -0.3 is 5.32 Å². The van der Waals surface area contributed by atoms with Crippen molar-refractivity contribution < 1.29 is 9.18 Å². The molecule has 4 nitrogen and oxygen atoms in total. The van der Waals surface area contributed by atoms with Crippen LogP contribution in [0.15, 0.2) is 48.5 Å². The Bertz CT molecular complexity index is 907. The summed E-state index contributed by atoms with van der Waals surface area (Å²) < 4.78 is 14.2. The van der Waals surface area contributed by atoms with E-state index in [0.29, 0.717) is 25.4 Å². The van der Waals surface area contributed by atoms with E-state index in [9.17, 15) is 9.18 Å². The summed E-state index contributed by atoms with van der Waals surface area (Å²) in [5.74, 6) is 0.214. The number of hydrogen-bond acceptors (Lipinski definition) is 4. The van der Waals surface area contributed by atoms with Crippen LogP contribution < -0.4 is 5.32 Å². The normalized spacial score (nSPS) is 17.7. The summed E-state index contributed by atoms with van der Waals surface area (Å²) in [7, 11) is 0. The number of carbonyl (C=O) groups is 1. The maximum Gasteiger partial charge on any atom is 0.234 e. The molecule has 0 radical (unpaired) electrons. The standard InChI is InChI=1S/C22H24FN3OS/c23-18-9-7-16(8-10-18)11-12-24-21(27)15-26-13-3-4-17(14-26)22-25-19-5-1-2-6-20(19)28-22/h1-2,5-10,17H,3-4,11-15H2,(H,24,27)/t17-/m0/s1. The van der Waals surface area contributed by atoms with Gasteiger partial charge in [-0.25, -0.2) is 9.37 Å². The Labute approximate surface area is 168 Å². The molecule has 1 saturated heterocycles. The third-order valence-electron chi connectivity index (χ3n) is 5.18. The van der Waals surface area contributed by atoms with Crippen LogP contribution in [0.3, 0.4) is 0 Å². The van der Waals surface area contributed by atoms with Gasteiger partial charge >= 0.3 is 0 Å². The van der Waals surface area contributed by atoms with Gasteiger partial charge in [0.15, 0.2) is 0 Å². The van der Waals surface area contributed by atoms with Gasteiger partial charge in [-0.1, -0.05) is 24.3 Å². The summed E-state index contributed by atoms with van der Waals surface area (Å²) in [5, 5.41) is 4.16. The largest absolute Gasteiger partial charge is 0.355 e. The lowest BCUT2D eigenvalue weighted by atomic mass is 9.99. The minimum atomic E-state index is -0.236. The first-order valence-electron chi connectivity index (χ1n) is 9.76. The minimum absolute atomic E-state index is 0.0482. The van der Waals surface area contributed by atoms with E-state index in [-0.39, 0.29) is 11.7 Å². The molecule has 1 aliphatic rings. The number of fused-ring (bicyclic) bond motifs is 1. The second kappa shape index (κ2) is 8.80. The minimum Gasteiger partial charge on any atom is -0.355 e. The van der Waals surface area contributed by atoms with Crippen molar-refractivity contribution in [3.05, 3.63) is 64.9 Å². The Morgan fingerprint density at radius 2 is 2.04 bits per heavy atom. The van der Waals surface area contributed by atoms with E-state index in [1.807, 2.05) is 12.1 Å². The monoisotopic (exact) mass is 397 g/mol. The highest BCUT2D eigenvalue weighted by Gasteiger charge is 2.25. The molecule has 2 heterocycles. The zero-order valence-corrected chi connectivity index (χ0v) is 16.6. The van der Waals surface area contributed by atoms with Gasteiger partial charge in [-0.2, -0.15) is 0 Å². The van der Waals surface area contributed by atoms with Gasteiger partial charge in [0.2, 0.25) is 5.91 Å². The molecule has 0 unspecified atom stereocenters. The number of benzene rings is 2. The number of nitrogens with one attached hydrogen (secondary N) is 1. The van der Waals surface area contributed by atoms with E-state index in [1.165, 1.54) is 21.8 Å². The number of likely N-dealkylation sites (tertiary alicyclic amines) is 1. The topological polar surface area (TPSA) is 45.2 Å². The third kappa shape index (κ3) is 4.75. The maximum atomic E-state index is 12.9. The Hall–Kier alpha value is -2.31. The van der Waals surface area contributed by atoms with E-state index >= 15 is 0 Å². The van der Waals surface area contributed by atoms with Gasteiger partial charge in [-0.3, -0.25) is 9.69 Å². The molecule has 3 aromatic rings. The molecule has 28 heavy (non-hydrogen) atoms. The Morgan fingerprint density at radius 1 is 1.21 bits per heavy atom. The predicted octanol–water partition coefficient (Wildman–Crippen LogP) is 3.97. The van der Waals surface area contributed by atoms with E-state index in [2.05, 4.69) is 22.3 Å². The van der Waals surface area contributed by atoms with Crippen LogP contribution in [0.4, 0.5) is 4.39 Å². The smallest absolute Gasteiger partial charge is 0.234 e. The first-order chi connectivity index (χ1) is 13.7. The Morgan fingerprint density at radius 3 is 2.86 bits per heavy atom. The van der Waals surface area contributed by atoms with Gasteiger partial charge in [0.05, 0.1) is 21.8 Å². The average molecular weight is 398 g/mol. The predicted molar refractivity (Wildman–Crippen MR) is 111 cm³/mol. The van der Waals surface area contributed by atoms with Crippen molar-refractivity contribution in [2.24, 2.45) is 0 Å². The summed E-state index contributed by atoms with van der Waals surface area (Å²) in [4.78, 5) is 19.3. The summed E-state index contributed by atoms with van der Waals surface area (Å²) >= 11 is 1.77. The van der Waals surface area contributed by atoms with E-state index in [4.69, 9.17) is 4.98 Å².